The molecule has 8 rings (SSSR count). The lowest BCUT2D eigenvalue weighted by Crippen LogP contribution is -2.33. The maximum Gasteiger partial charge on any atom is 0.416 e. The quantitative estimate of drug-likeness (QED) is 0.197. The Bertz CT molecular complexity index is 2140. The molecule has 0 radical (unpaired) electrons. The Hall–Kier alpha value is -5.27. The van der Waals surface area contributed by atoms with Crippen molar-refractivity contribution in [2.45, 2.75) is 64.2 Å². The number of halogens is 3. The van der Waals surface area contributed by atoms with Crippen molar-refractivity contribution < 1.29 is 18.0 Å². The molecule has 2 aliphatic heterocycles. The fourth-order valence-corrected chi connectivity index (χ4v) is 8.02. The second-order valence-corrected chi connectivity index (χ2v) is 14.8. The highest BCUT2D eigenvalue weighted by atomic mass is 19.4. The summed E-state index contributed by atoms with van der Waals surface area (Å²) < 4.78 is 45.7. The van der Waals surface area contributed by atoms with E-state index >= 15 is 0 Å². The molecule has 0 unspecified atom stereocenters. The molecule has 0 atom stereocenters. The number of aryl methyl sites for hydroxylation is 1. The van der Waals surface area contributed by atoms with Crippen LogP contribution >= 0.6 is 0 Å². The Morgan fingerprint density at radius 1 is 1.00 bits per heavy atom. The standard InChI is InChI=1S/C38H36F3N9O/c1-48-23-45-47-34(48)27-4-3-24(18-43)13-28(27)26-16-32(44-21-36(7-8-36)9-11-42)46-33(17-26)50-20-30-29(35(50)51)14-25(15-31(30)38(39,40)41)19-49-12-10-37(22-49)5-2-6-37/h3-4,13-17,23H,2,5-10,12,19-22H2,1H3,(H,44,46). The molecule has 4 aliphatic rings. The number of nitriles is 2. The van der Waals surface area contributed by atoms with Crippen molar-refractivity contribution in [2.24, 2.45) is 17.9 Å². The Morgan fingerprint density at radius 3 is 2.47 bits per heavy atom. The van der Waals surface area contributed by atoms with Crippen LogP contribution in [0, 0.1) is 33.5 Å². The molecular weight excluding hydrogens is 655 g/mol. The van der Waals surface area contributed by atoms with E-state index in [9.17, 15) is 28.5 Å². The lowest BCUT2D eigenvalue weighted by molar-refractivity contribution is -0.138. The van der Waals surface area contributed by atoms with Crippen LogP contribution in [-0.2, 0) is 26.3 Å². The number of likely N-dealkylation sites (tertiary alicyclic amines) is 1. The van der Waals surface area contributed by atoms with E-state index in [1.165, 1.54) is 17.4 Å². The number of anilines is 2. The van der Waals surface area contributed by atoms with Crippen molar-refractivity contribution in [1.29, 1.82) is 10.5 Å². The summed E-state index contributed by atoms with van der Waals surface area (Å²) in [7, 11) is 1.80. The van der Waals surface area contributed by atoms with Gasteiger partial charge in [0.2, 0.25) is 0 Å². The van der Waals surface area contributed by atoms with Gasteiger partial charge in [0.25, 0.3) is 5.91 Å². The number of carbonyl (C=O) groups excluding carboxylic acids is 1. The van der Waals surface area contributed by atoms with Gasteiger partial charge in [-0.05, 0) is 109 Å². The van der Waals surface area contributed by atoms with Crippen LogP contribution in [0.1, 0.15) is 77.6 Å². The molecule has 10 nitrogen and oxygen atoms in total. The number of carbonyl (C=O) groups is 1. The Morgan fingerprint density at radius 2 is 1.82 bits per heavy atom. The van der Waals surface area contributed by atoms with E-state index in [0.717, 1.165) is 45.2 Å². The number of nitrogens with one attached hydrogen (secondary N) is 1. The number of hydrogen-bond donors (Lipinski definition) is 1. The first kappa shape index (κ1) is 32.9. The first-order valence-corrected chi connectivity index (χ1v) is 17.3. The molecule has 51 heavy (non-hydrogen) atoms. The van der Waals surface area contributed by atoms with Crippen LogP contribution in [0.15, 0.2) is 48.8 Å². The zero-order valence-electron chi connectivity index (χ0n) is 28.2. The van der Waals surface area contributed by atoms with Crippen LogP contribution in [0.3, 0.4) is 0 Å². The fourth-order valence-electron chi connectivity index (χ4n) is 8.02. The molecule has 1 saturated heterocycles. The minimum absolute atomic E-state index is 0.0382. The summed E-state index contributed by atoms with van der Waals surface area (Å²) in [5.41, 5.74) is 2.04. The van der Waals surface area contributed by atoms with E-state index < -0.39 is 17.6 Å². The number of fused-ring (bicyclic) bond motifs is 1. The van der Waals surface area contributed by atoms with Gasteiger partial charge in [-0.3, -0.25) is 14.6 Å². The van der Waals surface area contributed by atoms with E-state index in [0.29, 0.717) is 64.4 Å². The Kier molecular flexibility index (Phi) is 7.87. The van der Waals surface area contributed by atoms with Gasteiger partial charge in [0.05, 0.1) is 29.8 Å². The highest BCUT2D eigenvalue weighted by Crippen LogP contribution is 2.50. The SMILES string of the molecule is Cn1cnnc1-c1ccc(C#N)cc1-c1cc(NCC2(CC#N)CC2)nc(N2Cc3c(cc(CN4CCC5(CCC5)C4)cc3C(F)(F)F)C2=O)c1. The number of pyridine rings is 1. The summed E-state index contributed by atoms with van der Waals surface area (Å²) >= 11 is 0. The van der Waals surface area contributed by atoms with Crippen molar-refractivity contribution >= 4 is 17.5 Å². The topological polar surface area (TPSA) is 127 Å². The number of nitrogens with zero attached hydrogens (tertiary/aromatic N) is 8. The molecule has 1 N–H and O–H groups in total. The molecule has 0 bridgehead atoms. The number of amides is 1. The molecular formula is C38H36F3N9O. The first-order valence-electron chi connectivity index (χ1n) is 17.3. The van der Waals surface area contributed by atoms with Crippen LogP contribution in [0.25, 0.3) is 22.5 Å². The van der Waals surface area contributed by atoms with Gasteiger partial charge in [0.1, 0.15) is 18.0 Å². The minimum atomic E-state index is -4.65. The van der Waals surface area contributed by atoms with Crippen molar-refractivity contribution in [1.82, 2.24) is 24.6 Å². The number of aromatic nitrogens is 4. The summed E-state index contributed by atoms with van der Waals surface area (Å²) in [5, 5.41) is 30.8. The number of hydrogen-bond acceptors (Lipinski definition) is 8. The van der Waals surface area contributed by atoms with E-state index in [1.807, 2.05) is 0 Å². The average molecular weight is 692 g/mol. The van der Waals surface area contributed by atoms with Crippen LogP contribution in [0.2, 0.25) is 0 Å². The van der Waals surface area contributed by atoms with Gasteiger partial charge in [-0.25, -0.2) is 4.98 Å². The average Bonchev–Trinajstić information content (AvgIpc) is 3.36. The molecule has 2 aromatic heterocycles. The Balaban J connectivity index is 1.19. The molecule has 13 heteroatoms. The molecule has 260 valence electrons. The van der Waals surface area contributed by atoms with Gasteiger partial charge in [0.15, 0.2) is 5.82 Å². The minimum Gasteiger partial charge on any atom is -0.369 e. The lowest BCUT2D eigenvalue weighted by Gasteiger charge is -2.38. The van der Waals surface area contributed by atoms with E-state index in [4.69, 9.17) is 4.98 Å². The fraction of sp³-hybridized carbons (Fsp3) is 0.421. The van der Waals surface area contributed by atoms with Crippen molar-refractivity contribution in [3.8, 4) is 34.7 Å². The molecule has 2 aliphatic carbocycles. The lowest BCUT2D eigenvalue weighted by atomic mass is 9.68. The van der Waals surface area contributed by atoms with Crippen molar-refractivity contribution in [2.75, 3.05) is 29.9 Å². The second kappa shape index (κ2) is 12.2. The summed E-state index contributed by atoms with van der Waals surface area (Å²) in [4.78, 5) is 22.5. The Labute approximate surface area is 293 Å². The number of benzene rings is 2. The van der Waals surface area contributed by atoms with Gasteiger partial charge >= 0.3 is 6.18 Å². The molecule has 1 spiro atoms. The van der Waals surface area contributed by atoms with Gasteiger partial charge in [-0.2, -0.15) is 23.7 Å². The smallest absolute Gasteiger partial charge is 0.369 e. The van der Waals surface area contributed by atoms with E-state index in [-0.39, 0.29) is 28.9 Å². The predicted octanol–water partition coefficient (Wildman–Crippen LogP) is 7.08. The highest BCUT2D eigenvalue weighted by Gasteiger charge is 2.45. The van der Waals surface area contributed by atoms with Crippen LogP contribution < -0.4 is 10.2 Å². The van der Waals surface area contributed by atoms with Gasteiger partial charge in [0, 0.05) is 49.6 Å². The maximum atomic E-state index is 14.7. The third-order valence-corrected chi connectivity index (χ3v) is 11.3. The van der Waals surface area contributed by atoms with E-state index in [2.05, 4.69) is 32.6 Å². The number of alkyl halides is 3. The van der Waals surface area contributed by atoms with Crippen LogP contribution in [-0.4, -0.2) is 50.2 Å². The summed E-state index contributed by atoms with van der Waals surface area (Å²) in [5.74, 6) is 0.569. The zero-order valence-corrected chi connectivity index (χ0v) is 28.2. The monoisotopic (exact) mass is 691 g/mol. The predicted molar refractivity (Wildman–Crippen MR) is 183 cm³/mol. The second-order valence-electron chi connectivity index (χ2n) is 14.8. The van der Waals surface area contributed by atoms with Crippen LogP contribution in [0.5, 0.6) is 0 Å². The molecule has 2 aromatic carbocycles. The van der Waals surface area contributed by atoms with Gasteiger partial charge in [-0.15, -0.1) is 10.2 Å². The first-order chi connectivity index (χ1) is 24.5. The number of rotatable bonds is 9. The zero-order chi connectivity index (χ0) is 35.5. The summed E-state index contributed by atoms with van der Waals surface area (Å²) in [6.45, 7) is 2.25. The van der Waals surface area contributed by atoms with Gasteiger partial charge in [-0.1, -0.05) is 6.42 Å². The largest absolute Gasteiger partial charge is 0.416 e. The van der Waals surface area contributed by atoms with Crippen molar-refractivity contribution in [3.63, 3.8) is 0 Å². The maximum absolute atomic E-state index is 14.7. The normalized spacial score (nSPS) is 18.7. The summed E-state index contributed by atoms with van der Waals surface area (Å²) in [6, 6.07) is 15.9. The van der Waals surface area contributed by atoms with Crippen molar-refractivity contribution in [3.05, 3.63) is 76.6 Å². The molecule has 3 fully saturated rings. The van der Waals surface area contributed by atoms with E-state index in [1.54, 1.807) is 54.3 Å². The molecule has 1 amide bonds. The van der Waals surface area contributed by atoms with Crippen LogP contribution in [0.4, 0.5) is 24.8 Å². The third-order valence-electron chi connectivity index (χ3n) is 11.3. The molecule has 4 aromatic rings. The summed E-state index contributed by atoms with van der Waals surface area (Å²) in [6.07, 6.45) is 3.66. The molecule has 4 heterocycles. The molecule has 2 saturated carbocycles. The van der Waals surface area contributed by atoms with Gasteiger partial charge < -0.3 is 9.88 Å². The highest BCUT2D eigenvalue weighted by molar-refractivity contribution is 6.10. The third kappa shape index (κ3) is 6.10.